The van der Waals surface area contributed by atoms with E-state index in [9.17, 15) is 13.2 Å². The fourth-order valence-corrected chi connectivity index (χ4v) is 3.74. The summed E-state index contributed by atoms with van der Waals surface area (Å²) in [4.78, 5) is 5.20. The van der Waals surface area contributed by atoms with Gasteiger partial charge < -0.3 is 14.6 Å². The molecule has 0 aliphatic carbocycles. The molecule has 1 aliphatic rings. The van der Waals surface area contributed by atoms with Gasteiger partial charge in [0.2, 0.25) is 0 Å². The fraction of sp³-hybridized carbons (Fsp3) is 0.250. The van der Waals surface area contributed by atoms with Crippen molar-refractivity contribution in [1.82, 2.24) is 24.8 Å². The third-order valence-electron chi connectivity index (χ3n) is 5.27. The second-order valence-corrected chi connectivity index (χ2v) is 7.02. The van der Waals surface area contributed by atoms with Crippen LogP contribution in [-0.4, -0.2) is 45.0 Å². The number of benzene rings is 1. The number of H-pyrrole nitrogens is 1. The molecule has 4 aromatic rings. The normalized spacial score (nSPS) is 15.1. The molecular weight excluding hydrogens is 397 g/mol. The van der Waals surface area contributed by atoms with E-state index < -0.39 is 12.0 Å². The predicted molar refractivity (Wildman–Crippen MR) is 105 cm³/mol. The molecule has 0 saturated carbocycles. The second kappa shape index (κ2) is 6.75. The monoisotopic (exact) mass is 414 g/mol. The molecule has 0 atom stereocenters. The number of fused-ring (bicyclic) bond motifs is 2. The second-order valence-electron chi connectivity index (χ2n) is 7.02. The summed E-state index contributed by atoms with van der Waals surface area (Å²) in [5, 5.41) is 12.0. The third kappa shape index (κ3) is 3.04. The topological polar surface area (TPSA) is 71.3 Å². The van der Waals surface area contributed by atoms with Crippen LogP contribution in [0.5, 0.6) is 5.75 Å². The number of rotatable bonds is 3. The molecule has 0 unspecified atom stereocenters. The van der Waals surface area contributed by atoms with Crippen molar-refractivity contribution < 1.29 is 17.9 Å². The van der Waals surface area contributed by atoms with Crippen molar-refractivity contribution in [1.29, 1.82) is 0 Å². The zero-order valence-corrected chi connectivity index (χ0v) is 15.9. The standard InChI is InChI=1S/C20H17F3N6O/c1-30-13-2-3-16-14(10-13)15(11-24-16)12-6-8-28(9-7-12)18-5-4-17-25-26-19(20(21,22)23)29(17)27-18/h2-6,10-11,24H,7-9H2,1H3. The molecule has 1 aromatic carbocycles. The van der Waals surface area contributed by atoms with Crippen LogP contribution in [0.4, 0.5) is 19.0 Å². The highest BCUT2D eigenvalue weighted by atomic mass is 19.4. The Kier molecular flexibility index (Phi) is 4.16. The lowest BCUT2D eigenvalue weighted by Gasteiger charge is -2.27. The lowest BCUT2D eigenvalue weighted by molar-refractivity contribution is -0.146. The summed E-state index contributed by atoms with van der Waals surface area (Å²) in [6.07, 6.45) is 0.172. The highest BCUT2D eigenvalue weighted by Gasteiger charge is 2.37. The minimum atomic E-state index is -4.61. The molecule has 0 radical (unpaired) electrons. The average Bonchev–Trinajstić information content (AvgIpc) is 3.37. The summed E-state index contributed by atoms with van der Waals surface area (Å²) in [7, 11) is 1.63. The van der Waals surface area contributed by atoms with Crippen molar-refractivity contribution in [2.45, 2.75) is 12.6 Å². The average molecular weight is 414 g/mol. The number of anilines is 1. The van der Waals surface area contributed by atoms with Crippen LogP contribution in [0.2, 0.25) is 0 Å². The minimum Gasteiger partial charge on any atom is -0.497 e. The van der Waals surface area contributed by atoms with Gasteiger partial charge in [-0.2, -0.15) is 17.7 Å². The Labute approximate surface area is 168 Å². The number of hydrogen-bond donors (Lipinski definition) is 1. The number of ether oxygens (including phenoxy) is 1. The molecule has 1 N–H and O–H groups in total. The van der Waals surface area contributed by atoms with Gasteiger partial charge in [0.1, 0.15) is 11.6 Å². The van der Waals surface area contributed by atoms with Crippen molar-refractivity contribution in [2.75, 3.05) is 25.1 Å². The Hall–Kier alpha value is -3.56. The van der Waals surface area contributed by atoms with Gasteiger partial charge in [0, 0.05) is 35.8 Å². The van der Waals surface area contributed by atoms with E-state index in [1.54, 1.807) is 13.2 Å². The first kappa shape index (κ1) is 18.5. The number of hydrogen-bond acceptors (Lipinski definition) is 5. The molecule has 1 aliphatic heterocycles. The highest BCUT2D eigenvalue weighted by Crippen LogP contribution is 2.33. The Balaban J connectivity index is 1.44. The number of halogens is 3. The van der Waals surface area contributed by atoms with Crippen molar-refractivity contribution in [3.05, 3.63) is 54.0 Å². The zero-order chi connectivity index (χ0) is 20.9. The van der Waals surface area contributed by atoms with Gasteiger partial charge >= 0.3 is 6.18 Å². The van der Waals surface area contributed by atoms with Crippen LogP contribution in [-0.2, 0) is 6.18 Å². The maximum atomic E-state index is 13.1. The van der Waals surface area contributed by atoms with Crippen LogP contribution in [0.1, 0.15) is 17.8 Å². The molecule has 7 nitrogen and oxygen atoms in total. The molecule has 5 rings (SSSR count). The van der Waals surface area contributed by atoms with Crippen molar-refractivity contribution in [3.8, 4) is 5.75 Å². The number of methoxy groups -OCH3 is 1. The summed E-state index contributed by atoms with van der Waals surface area (Å²) < 4.78 is 45.4. The van der Waals surface area contributed by atoms with Gasteiger partial charge in [-0.3, -0.25) is 0 Å². The van der Waals surface area contributed by atoms with Gasteiger partial charge in [-0.25, -0.2) is 0 Å². The van der Waals surface area contributed by atoms with Gasteiger partial charge in [0.15, 0.2) is 5.65 Å². The predicted octanol–water partition coefficient (Wildman–Crippen LogP) is 3.93. The molecule has 4 heterocycles. The van der Waals surface area contributed by atoms with E-state index in [1.165, 1.54) is 11.6 Å². The van der Waals surface area contributed by atoms with Crippen molar-refractivity contribution in [3.63, 3.8) is 0 Å². The molecule has 10 heteroatoms. The maximum Gasteiger partial charge on any atom is 0.453 e. The quantitative estimate of drug-likeness (QED) is 0.550. The van der Waals surface area contributed by atoms with Gasteiger partial charge in [0.25, 0.3) is 5.82 Å². The Morgan fingerprint density at radius 2 is 2.00 bits per heavy atom. The Morgan fingerprint density at radius 3 is 2.73 bits per heavy atom. The van der Waals surface area contributed by atoms with E-state index in [2.05, 4.69) is 26.4 Å². The van der Waals surface area contributed by atoms with E-state index in [0.717, 1.165) is 33.2 Å². The van der Waals surface area contributed by atoms with Gasteiger partial charge in [-0.1, -0.05) is 6.08 Å². The van der Waals surface area contributed by atoms with Crippen molar-refractivity contribution >= 4 is 27.9 Å². The smallest absolute Gasteiger partial charge is 0.453 e. The maximum absolute atomic E-state index is 13.1. The van der Waals surface area contributed by atoms with Crippen LogP contribution in [0.3, 0.4) is 0 Å². The lowest BCUT2D eigenvalue weighted by atomic mass is 9.99. The molecule has 0 fully saturated rings. The van der Waals surface area contributed by atoms with Gasteiger partial charge in [0.05, 0.1) is 7.11 Å². The fourth-order valence-electron chi connectivity index (χ4n) is 3.74. The molecule has 0 saturated heterocycles. The van der Waals surface area contributed by atoms with E-state index >= 15 is 0 Å². The molecule has 154 valence electrons. The van der Waals surface area contributed by atoms with Crippen LogP contribution in [0.25, 0.3) is 22.1 Å². The van der Waals surface area contributed by atoms with Crippen LogP contribution in [0, 0.1) is 0 Å². The highest BCUT2D eigenvalue weighted by molar-refractivity contribution is 5.93. The third-order valence-corrected chi connectivity index (χ3v) is 5.27. The number of aromatic amines is 1. The first-order valence-corrected chi connectivity index (χ1v) is 9.33. The Bertz CT molecular complexity index is 1270. The lowest BCUT2D eigenvalue weighted by Crippen LogP contribution is -2.29. The van der Waals surface area contributed by atoms with Crippen LogP contribution in [0.15, 0.2) is 42.6 Å². The number of alkyl halides is 3. The summed E-state index contributed by atoms with van der Waals surface area (Å²) in [5.41, 5.74) is 3.36. The number of nitrogens with zero attached hydrogens (tertiary/aromatic N) is 5. The first-order chi connectivity index (χ1) is 14.4. The first-order valence-electron chi connectivity index (χ1n) is 9.33. The molecule has 0 amide bonds. The van der Waals surface area contributed by atoms with E-state index in [4.69, 9.17) is 4.74 Å². The van der Waals surface area contributed by atoms with Gasteiger partial charge in [-0.15, -0.1) is 15.3 Å². The molecular formula is C20H17F3N6O. The summed E-state index contributed by atoms with van der Waals surface area (Å²) in [5.74, 6) is 0.109. The molecule has 30 heavy (non-hydrogen) atoms. The molecule has 0 bridgehead atoms. The summed E-state index contributed by atoms with van der Waals surface area (Å²) >= 11 is 0. The summed E-state index contributed by atoms with van der Waals surface area (Å²) in [6, 6.07) is 9.04. The van der Waals surface area contributed by atoms with Crippen LogP contribution >= 0.6 is 0 Å². The van der Waals surface area contributed by atoms with Gasteiger partial charge in [-0.05, 0) is 42.3 Å². The van der Waals surface area contributed by atoms with E-state index in [0.29, 0.717) is 18.9 Å². The van der Waals surface area contributed by atoms with Crippen LogP contribution < -0.4 is 9.64 Å². The van der Waals surface area contributed by atoms with Crippen molar-refractivity contribution in [2.24, 2.45) is 0 Å². The number of nitrogens with one attached hydrogen (secondary N) is 1. The Morgan fingerprint density at radius 1 is 1.13 bits per heavy atom. The SMILES string of the molecule is COc1ccc2[nH]cc(C3=CCN(c4ccc5nnc(C(F)(F)F)n5n4)CC3)c2c1. The largest absolute Gasteiger partial charge is 0.497 e. The van der Waals surface area contributed by atoms with E-state index in [-0.39, 0.29) is 5.65 Å². The minimum absolute atomic E-state index is 0.0621. The molecule has 3 aromatic heterocycles. The molecule has 0 spiro atoms. The zero-order valence-electron chi connectivity index (χ0n) is 15.9. The number of aromatic nitrogens is 5. The van der Waals surface area contributed by atoms with E-state index in [1.807, 2.05) is 29.3 Å². The summed E-state index contributed by atoms with van der Waals surface area (Å²) in [6.45, 7) is 1.17.